The van der Waals surface area contributed by atoms with Crippen molar-refractivity contribution < 1.29 is 84.7 Å². The molecule has 1 aliphatic heterocycles. The predicted molar refractivity (Wildman–Crippen MR) is 52.1 cm³/mol. The van der Waals surface area contributed by atoms with Gasteiger partial charge >= 0.3 is 40.0 Å². The van der Waals surface area contributed by atoms with Gasteiger partial charge in [0.05, 0.1) is 12.6 Å². The molecule has 0 aromatic rings. The van der Waals surface area contributed by atoms with E-state index in [1.807, 2.05) is 0 Å². The van der Waals surface area contributed by atoms with Gasteiger partial charge in [-0.2, -0.15) is 8.42 Å². The average molecular weight is 336 g/mol. The zero-order valence-electron chi connectivity index (χ0n) is 9.87. The van der Waals surface area contributed by atoms with Gasteiger partial charge in [0.2, 0.25) is 0 Å². The Labute approximate surface area is 137 Å². The first-order valence-electron chi connectivity index (χ1n) is 4.34. The molecule has 5 atom stereocenters. The molecule has 112 valence electrons. The van der Waals surface area contributed by atoms with Gasteiger partial charge in [0, 0.05) is 0 Å². The molecule has 10 nitrogen and oxygen atoms in total. The Bertz CT molecular complexity index is 318. The molecule has 0 bridgehead atoms. The molecule has 1 rings (SSSR count). The Kier molecular flexibility index (Phi) is 13.9. The Morgan fingerprint density at radius 1 is 1.11 bits per heavy atom. The first-order valence-corrected chi connectivity index (χ1v) is 5.73. The first kappa shape index (κ1) is 24.9. The number of hydrogen-bond acceptors (Lipinski definition) is 8. The zero-order chi connectivity index (χ0) is 13.8. The van der Waals surface area contributed by atoms with Crippen LogP contribution in [0.5, 0.6) is 0 Å². The van der Waals surface area contributed by atoms with Crippen molar-refractivity contribution in [2.24, 2.45) is 5.73 Å². The Balaban J connectivity index is -0.000000320. The fraction of sp³-hybridized carbons (Fsp3) is 1.00. The Hall–Kier alpha value is 0.920. The van der Waals surface area contributed by atoms with E-state index in [4.69, 9.17) is 38.2 Å². The summed E-state index contributed by atoms with van der Waals surface area (Å²) in [6, 6.07) is -1.04. The molecule has 0 aromatic carbocycles. The summed E-state index contributed by atoms with van der Waals surface area (Å²) in [5, 5.41) is 36.1. The van der Waals surface area contributed by atoms with Crippen molar-refractivity contribution in [1.29, 1.82) is 0 Å². The second-order valence-electron chi connectivity index (χ2n) is 3.25. The van der Waals surface area contributed by atoms with Crippen molar-refractivity contribution in [2.45, 2.75) is 30.6 Å². The summed E-state index contributed by atoms with van der Waals surface area (Å²) in [7, 11) is -4.67. The molecule has 0 aliphatic carbocycles. The van der Waals surface area contributed by atoms with Crippen molar-refractivity contribution >= 4 is 10.4 Å². The number of rotatable bonds is 1. The maximum absolute atomic E-state index is 9.20. The summed E-state index contributed by atoms with van der Waals surface area (Å²) in [5.41, 5.74) is 5.26. The van der Waals surface area contributed by atoms with Crippen LogP contribution in [0.15, 0.2) is 0 Å². The summed E-state index contributed by atoms with van der Waals surface area (Å²) in [6.45, 7) is -0.470. The van der Waals surface area contributed by atoms with Crippen LogP contribution in [0.25, 0.3) is 0 Å². The molecule has 8 N–H and O–H groups in total. The molecule has 1 aliphatic rings. The number of aliphatic hydroxyl groups is 4. The molecule has 0 aromatic heterocycles. The second kappa shape index (κ2) is 10.6. The zero-order valence-corrected chi connectivity index (χ0v) is 13.4. The van der Waals surface area contributed by atoms with Crippen LogP contribution in [0.2, 0.25) is 0 Å². The average Bonchev–Trinajstić information content (AvgIpc) is 2.18. The fourth-order valence-corrected chi connectivity index (χ4v) is 1.12. The van der Waals surface area contributed by atoms with Crippen LogP contribution in [0, 0.1) is 0 Å². The molecule has 13 heteroatoms. The van der Waals surface area contributed by atoms with Crippen LogP contribution in [0.1, 0.15) is 0 Å². The van der Waals surface area contributed by atoms with Gasteiger partial charge < -0.3 is 43.3 Å². The SMILES string of the molecule is N[C@@H]1[C@@H](O)[C@H](O)[C@@H](CO)O[C@H]1O.O=S(=O)(O)O.[Cl-].[Na+]. The minimum atomic E-state index is -4.67. The van der Waals surface area contributed by atoms with Gasteiger partial charge in [-0.05, 0) is 0 Å². The van der Waals surface area contributed by atoms with E-state index in [0.29, 0.717) is 0 Å². The predicted octanol–water partition coefficient (Wildman–Crippen LogP) is -9.90. The van der Waals surface area contributed by atoms with Crippen LogP contribution in [0.3, 0.4) is 0 Å². The minimum Gasteiger partial charge on any atom is -1.00 e. The standard InChI is InChI=1S/C6H13NO5.ClH.Na.H2O4S/c7-3-5(10)4(9)2(1-8)12-6(3)11;;;1-5(2,3)4/h2-6,8-11H,1,7H2;1H;;(H2,1,2,3,4)/q;;+1;/p-1/t2-,3-,4-,5-,6-;;;/m1.../s1. The van der Waals surface area contributed by atoms with E-state index in [0.717, 1.165) is 0 Å². The van der Waals surface area contributed by atoms with E-state index in [9.17, 15) is 10.2 Å². The quantitative estimate of drug-likeness (QED) is 0.179. The number of nitrogens with two attached hydrogens (primary N) is 1. The third-order valence-electron chi connectivity index (χ3n) is 1.95. The Morgan fingerprint density at radius 3 is 1.79 bits per heavy atom. The topological polar surface area (TPSA) is 191 Å². The normalized spacial score (nSPS) is 34.2. The third kappa shape index (κ3) is 10.3. The Morgan fingerprint density at radius 2 is 1.47 bits per heavy atom. The maximum Gasteiger partial charge on any atom is 1.00 e. The van der Waals surface area contributed by atoms with Crippen LogP contribution in [-0.2, 0) is 15.1 Å². The summed E-state index contributed by atoms with van der Waals surface area (Å²) in [5.74, 6) is 0. The molecule has 0 spiro atoms. The molecule has 1 heterocycles. The van der Waals surface area contributed by atoms with Gasteiger partial charge in [-0.25, -0.2) is 0 Å². The third-order valence-corrected chi connectivity index (χ3v) is 1.95. The van der Waals surface area contributed by atoms with Gasteiger partial charge in [-0.3, -0.25) is 9.11 Å². The van der Waals surface area contributed by atoms with E-state index < -0.39 is 47.6 Å². The summed E-state index contributed by atoms with van der Waals surface area (Å²) in [6.07, 6.45) is -4.85. The van der Waals surface area contributed by atoms with Crippen LogP contribution >= 0.6 is 0 Å². The van der Waals surface area contributed by atoms with Gasteiger partial charge in [0.1, 0.15) is 18.3 Å². The first-order chi connectivity index (χ1) is 7.57. The molecular formula is C6H15ClNNaO9S. The van der Waals surface area contributed by atoms with E-state index >= 15 is 0 Å². The summed E-state index contributed by atoms with van der Waals surface area (Å²) >= 11 is 0. The van der Waals surface area contributed by atoms with Crippen LogP contribution < -0.4 is 47.7 Å². The molecule has 0 amide bonds. The smallest absolute Gasteiger partial charge is 1.00 e. The minimum absolute atomic E-state index is 0. The van der Waals surface area contributed by atoms with E-state index in [1.165, 1.54) is 0 Å². The van der Waals surface area contributed by atoms with Gasteiger partial charge in [-0.1, -0.05) is 0 Å². The van der Waals surface area contributed by atoms with Crippen molar-refractivity contribution in [3.05, 3.63) is 0 Å². The number of aliphatic hydroxyl groups excluding tert-OH is 4. The molecule has 0 radical (unpaired) electrons. The second-order valence-corrected chi connectivity index (χ2v) is 4.15. The molecule has 0 saturated carbocycles. The van der Waals surface area contributed by atoms with Crippen molar-refractivity contribution in [1.82, 2.24) is 0 Å². The maximum atomic E-state index is 9.20. The van der Waals surface area contributed by atoms with Gasteiger partial charge in [0.15, 0.2) is 6.29 Å². The largest absolute Gasteiger partial charge is 1.00 e. The molecule has 1 fully saturated rings. The van der Waals surface area contributed by atoms with E-state index in [2.05, 4.69) is 0 Å². The number of hydrogen-bond donors (Lipinski definition) is 7. The van der Waals surface area contributed by atoms with E-state index in [1.54, 1.807) is 0 Å². The summed E-state index contributed by atoms with van der Waals surface area (Å²) in [4.78, 5) is 0. The van der Waals surface area contributed by atoms with Crippen molar-refractivity contribution in [3.8, 4) is 0 Å². The number of halogens is 1. The monoisotopic (exact) mass is 335 g/mol. The van der Waals surface area contributed by atoms with Crippen molar-refractivity contribution in [3.63, 3.8) is 0 Å². The fourth-order valence-electron chi connectivity index (χ4n) is 1.12. The van der Waals surface area contributed by atoms with E-state index in [-0.39, 0.29) is 42.0 Å². The van der Waals surface area contributed by atoms with Crippen molar-refractivity contribution in [2.75, 3.05) is 6.61 Å². The number of ether oxygens (including phenoxy) is 1. The molecule has 0 unspecified atom stereocenters. The van der Waals surface area contributed by atoms with Gasteiger partial charge in [0.25, 0.3) is 0 Å². The summed E-state index contributed by atoms with van der Waals surface area (Å²) < 4.78 is 36.3. The van der Waals surface area contributed by atoms with Crippen LogP contribution in [-0.4, -0.2) is 75.2 Å². The molecule has 1 saturated heterocycles. The van der Waals surface area contributed by atoms with Crippen LogP contribution in [0.4, 0.5) is 0 Å². The van der Waals surface area contributed by atoms with Gasteiger partial charge in [-0.15, -0.1) is 0 Å². The molecule has 19 heavy (non-hydrogen) atoms. The molecular weight excluding hydrogens is 321 g/mol.